The second-order valence-corrected chi connectivity index (χ2v) is 10.3. The predicted octanol–water partition coefficient (Wildman–Crippen LogP) is -1.09. The normalized spacial score (nSPS) is 32.9. The van der Waals surface area contributed by atoms with E-state index >= 15 is 0 Å². The van der Waals surface area contributed by atoms with E-state index in [4.69, 9.17) is 28.1 Å². The molecule has 3 heterocycles. The number of aliphatic hydroxyl groups is 6. The maximum absolute atomic E-state index is 13.3. The third kappa shape index (κ3) is 5.86. The van der Waals surface area contributed by atoms with Gasteiger partial charge >= 0.3 is 0 Å². The Hall–Kier alpha value is -3.51. The molecule has 0 radical (unpaired) electrons. The second kappa shape index (κ2) is 12.2. The van der Waals surface area contributed by atoms with Gasteiger partial charge in [-0.2, -0.15) is 0 Å². The molecule has 0 unspecified atom stereocenters. The number of phenolic OH excluding ortho intramolecular Hbond substituents is 2. The summed E-state index contributed by atoms with van der Waals surface area (Å²) >= 11 is 0. The van der Waals surface area contributed by atoms with Crippen LogP contribution in [0.25, 0.3) is 22.3 Å². The Morgan fingerprint density at radius 2 is 1.58 bits per heavy atom. The van der Waals surface area contributed by atoms with Crippen LogP contribution in [0.15, 0.2) is 45.6 Å². The number of benzene rings is 2. The summed E-state index contributed by atoms with van der Waals surface area (Å²) in [6, 6.07) is 7.68. The van der Waals surface area contributed by atoms with E-state index in [-0.39, 0.29) is 34.0 Å². The number of fused-ring (bicyclic) bond motifs is 1. The van der Waals surface area contributed by atoms with Gasteiger partial charge in [0.1, 0.15) is 64.9 Å². The van der Waals surface area contributed by atoms with E-state index in [9.17, 15) is 45.6 Å². The highest BCUT2D eigenvalue weighted by atomic mass is 16.8. The van der Waals surface area contributed by atoms with Crippen LogP contribution in [0.5, 0.6) is 23.0 Å². The molecule has 2 aromatic carbocycles. The van der Waals surface area contributed by atoms with Crippen molar-refractivity contribution in [1.82, 2.24) is 0 Å². The van der Waals surface area contributed by atoms with Crippen molar-refractivity contribution in [2.45, 2.75) is 68.3 Å². The van der Waals surface area contributed by atoms with Gasteiger partial charge in [0.05, 0.1) is 19.8 Å². The van der Waals surface area contributed by atoms with Gasteiger partial charge in [-0.25, -0.2) is 0 Å². The van der Waals surface area contributed by atoms with Gasteiger partial charge in [-0.15, -0.1) is 0 Å². The van der Waals surface area contributed by atoms with E-state index in [0.29, 0.717) is 5.56 Å². The van der Waals surface area contributed by atoms with Crippen molar-refractivity contribution in [3.63, 3.8) is 0 Å². The topological polar surface area (TPSA) is 238 Å². The van der Waals surface area contributed by atoms with E-state index in [1.165, 1.54) is 26.2 Å². The van der Waals surface area contributed by atoms with Crippen LogP contribution in [-0.4, -0.2) is 116 Å². The minimum absolute atomic E-state index is 0.0410. The van der Waals surface area contributed by atoms with Gasteiger partial charge in [0.15, 0.2) is 29.3 Å². The zero-order valence-electron chi connectivity index (χ0n) is 22.9. The maximum Gasteiger partial charge on any atom is 0.229 e. The SMILES string of the molecule is COc1ccc(-c2cc(=O)c3c(O[C@@H]4O[C@H](CO)[C@@H](O)[C@H](O)[C@H]4O[C@@H]4O[C@@H](C)[C@H](O)[C@@H](O)[C@H]4O)cc(O)cc3o2)cc1O. The first kappa shape index (κ1) is 30.9. The molecule has 0 aliphatic carbocycles. The number of phenols is 2. The van der Waals surface area contributed by atoms with Crippen molar-refractivity contribution >= 4 is 11.0 Å². The maximum atomic E-state index is 13.3. The Balaban J connectivity index is 1.51. The molecule has 3 aromatic rings. The fraction of sp³-hybridized carbons (Fsp3) is 0.464. The highest BCUT2D eigenvalue weighted by Gasteiger charge is 2.51. The van der Waals surface area contributed by atoms with Gasteiger partial charge < -0.3 is 69.0 Å². The lowest BCUT2D eigenvalue weighted by molar-refractivity contribution is -0.354. The Morgan fingerprint density at radius 3 is 2.26 bits per heavy atom. The number of methoxy groups -OCH3 is 1. The van der Waals surface area contributed by atoms with Gasteiger partial charge in [-0.1, -0.05) is 0 Å². The van der Waals surface area contributed by atoms with Crippen LogP contribution >= 0.6 is 0 Å². The van der Waals surface area contributed by atoms with Crippen LogP contribution in [0, 0.1) is 0 Å². The fourth-order valence-electron chi connectivity index (χ4n) is 5.02. The lowest BCUT2D eigenvalue weighted by Gasteiger charge is -2.45. The lowest BCUT2D eigenvalue weighted by atomic mass is 9.97. The van der Waals surface area contributed by atoms with Crippen molar-refractivity contribution in [2.75, 3.05) is 13.7 Å². The van der Waals surface area contributed by atoms with Crippen molar-refractivity contribution in [1.29, 1.82) is 0 Å². The summed E-state index contributed by atoms with van der Waals surface area (Å²) in [5.41, 5.74) is -0.439. The Labute approximate surface area is 243 Å². The summed E-state index contributed by atoms with van der Waals surface area (Å²) in [5, 5.41) is 82.1. The summed E-state index contributed by atoms with van der Waals surface area (Å²) in [6.07, 6.45) is -15.7. The highest BCUT2D eigenvalue weighted by molar-refractivity contribution is 5.86. The van der Waals surface area contributed by atoms with Crippen molar-refractivity contribution in [2.24, 2.45) is 0 Å². The standard InChI is InChI=1S/C28H32O15/c1-10-21(33)23(35)25(37)27(39-10)43-26-24(36)22(34)19(9-29)42-28(26)41-18-7-12(30)6-17-20(18)14(32)8-16(40-17)11-3-4-15(38-2)13(31)5-11/h3-8,10,19,21-31,33-37H,9H2,1-2H3/t10-,19+,21-,22+,23+,24-,25+,26+,27-,28+/m0/s1. The van der Waals surface area contributed by atoms with Gasteiger partial charge in [-0.3, -0.25) is 4.79 Å². The molecule has 15 heteroatoms. The molecule has 2 aliphatic rings. The third-order valence-electron chi connectivity index (χ3n) is 7.41. The van der Waals surface area contributed by atoms with Crippen LogP contribution in [-0.2, 0) is 14.2 Å². The first-order chi connectivity index (χ1) is 20.4. The molecule has 234 valence electrons. The summed E-state index contributed by atoms with van der Waals surface area (Å²) in [4.78, 5) is 13.3. The Morgan fingerprint density at radius 1 is 0.837 bits per heavy atom. The smallest absolute Gasteiger partial charge is 0.229 e. The number of rotatable bonds is 7. The van der Waals surface area contributed by atoms with Crippen LogP contribution in [0.2, 0.25) is 0 Å². The predicted molar refractivity (Wildman–Crippen MR) is 143 cm³/mol. The monoisotopic (exact) mass is 608 g/mol. The van der Waals surface area contributed by atoms with Gasteiger partial charge in [-0.05, 0) is 25.1 Å². The molecule has 0 saturated carbocycles. The van der Waals surface area contributed by atoms with Gasteiger partial charge in [0.2, 0.25) is 6.29 Å². The molecule has 2 aliphatic heterocycles. The summed E-state index contributed by atoms with van der Waals surface area (Å²) in [7, 11) is 1.38. The minimum Gasteiger partial charge on any atom is -0.508 e. The average Bonchev–Trinajstić information content (AvgIpc) is 2.97. The first-order valence-electron chi connectivity index (χ1n) is 13.3. The van der Waals surface area contributed by atoms with E-state index in [2.05, 4.69) is 0 Å². The molecule has 0 amide bonds. The second-order valence-electron chi connectivity index (χ2n) is 10.3. The van der Waals surface area contributed by atoms with E-state index in [1.807, 2.05) is 0 Å². The molecule has 1 aromatic heterocycles. The zero-order valence-corrected chi connectivity index (χ0v) is 22.9. The number of hydrogen-bond acceptors (Lipinski definition) is 15. The highest BCUT2D eigenvalue weighted by Crippen LogP contribution is 2.37. The zero-order chi connectivity index (χ0) is 31.2. The molecule has 2 fully saturated rings. The molecule has 0 spiro atoms. The van der Waals surface area contributed by atoms with Crippen LogP contribution in [0.1, 0.15) is 6.92 Å². The van der Waals surface area contributed by atoms with Crippen LogP contribution in [0.3, 0.4) is 0 Å². The largest absolute Gasteiger partial charge is 0.508 e. The number of aromatic hydroxyl groups is 2. The molecule has 15 nitrogen and oxygen atoms in total. The van der Waals surface area contributed by atoms with Crippen LogP contribution in [0.4, 0.5) is 0 Å². The third-order valence-corrected chi connectivity index (χ3v) is 7.41. The van der Waals surface area contributed by atoms with Gasteiger partial charge in [0, 0.05) is 23.8 Å². The van der Waals surface area contributed by atoms with E-state index < -0.39 is 79.2 Å². The number of hydrogen-bond donors (Lipinski definition) is 8. The van der Waals surface area contributed by atoms with E-state index in [0.717, 1.165) is 18.2 Å². The van der Waals surface area contributed by atoms with E-state index in [1.54, 1.807) is 6.07 Å². The molecule has 5 rings (SSSR count). The first-order valence-corrected chi connectivity index (χ1v) is 13.3. The average molecular weight is 609 g/mol. The molecule has 10 atom stereocenters. The van der Waals surface area contributed by atoms with Crippen molar-refractivity contribution in [3.8, 4) is 34.3 Å². The minimum atomic E-state index is -1.81. The Bertz CT molecular complexity index is 1510. The fourth-order valence-corrected chi connectivity index (χ4v) is 5.02. The number of ether oxygens (including phenoxy) is 5. The van der Waals surface area contributed by atoms with Crippen molar-refractivity contribution < 1.29 is 69.0 Å². The summed E-state index contributed by atoms with van der Waals surface area (Å²) in [6.45, 7) is 0.657. The summed E-state index contributed by atoms with van der Waals surface area (Å²) in [5.74, 6) is -0.653. The van der Waals surface area contributed by atoms with Crippen LogP contribution < -0.4 is 14.9 Å². The summed E-state index contributed by atoms with van der Waals surface area (Å²) < 4.78 is 33.5. The van der Waals surface area contributed by atoms with Crippen molar-refractivity contribution in [3.05, 3.63) is 46.6 Å². The molecular weight excluding hydrogens is 576 g/mol. The van der Waals surface area contributed by atoms with Gasteiger partial charge in [0.25, 0.3) is 0 Å². The molecular formula is C28H32O15. The molecule has 8 N–H and O–H groups in total. The quantitative estimate of drug-likeness (QED) is 0.159. The molecule has 0 bridgehead atoms. The molecule has 43 heavy (non-hydrogen) atoms. The molecule has 2 saturated heterocycles. The Kier molecular flexibility index (Phi) is 8.80. The lowest BCUT2D eigenvalue weighted by Crippen LogP contribution is -2.64. The number of aliphatic hydroxyl groups excluding tert-OH is 6.